The fraction of sp³-hybridized carbons (Fsp3) is 0.709. The molecule has 0 radical (unpaired) electrons. The molecule has 97 heavy (non-hydrogen) atoms. The molecule has 0 aliphatic carbocycles. The summed E-state index contributed by atoms with van der Waals surface area (Å²) in [6, 6.07) is 0. The van der Waals surface area contributed by atoms with E-state index in [-0.39, 0.29) is 19.3 Å². The lowest BCUT2D eigenvalue weighted by atomic mass is 10.0. The lowest BCUT2D eigenvalue weighted by Gasteiger charge is -2.21. The van der Waals surface area contributed by atoms with Gasteiger partial charge in [-0.05, 0) is 128 Å². The van der Waals surface area contributed by atoms with Gasteiger partial charge in [-0.1, -0.05) is 277 Å². The Bertz CT molecular complexity index is 2250. The summed E-state index contributed by atoms with van der Waals surface area (Å²) < 4.78 is 61.1. The molecule has 0 aliphatic heterocycles. The van der Waals surface area contributed by atoms with Crippen LogP contribution in [0.15, 0.2) is 122 Å². The van der Waals surface area contributed by atoms with Crippen molar-refractivity contribution in [3.8, 4) is 0 Å². The summed E-state index contributed by atoms with van der Waals surface area (Å²) in [5.74, 6) is -1.60. The van der Waals surface area contributed by atoms with Crippen molar-refractivity contribution in [2.75, 3.05) is 39.6 Å². The van der Waals surface area contributed by atoms with Crippen LogP contribution in [0.1, 0.15) is 303 Å². The monoisotopic (exact) mass is 1400 g/mol. The number of carbonyl (C=O) groups excluding carboxylic acids is 3. The second-order valence-corrected chi connectivity index (χ2v) is 27.9. The largest absolute Gasteiger partial charge is 0.472 e. The minimum atomic E-state index is -4.94. The van der Waals surface area contributed by atoms with Gasteiger partial charge < -0.3 is 34.2 Å². The third kappa shape index (κ3) is 73.0. The molecule has 0 aromatic heterocycles. The van der Waals surface area contributed by atoms with Gasteiger partial charge in [-0.2, -0.15) is 0 Å². The molecule has 0 spiro atoms. The third-order valence-corrected chi connectivity index (χ3v) is 17.6. The smallest absolute Gasteiger partial charge is 0.463 e. The van der Waals surface area contributed by atoms with Gasteiger partial charge in [0, 0.05) is 19.3 Å². The van der Waals surface area contributed by atoms with Gasteiger partial charge in [-0.3, -0.25) is 32.5 Å². The highest BCUT2D eigenvalue weighted by Gasteiger charge is 2.29. The maximum atomic E-state index is 13.0. The van der Waals surface area contributed by atoms with E-state index < -0.39 is 91.5 Å². The number of aliphatic hydroxyl groups excluding tert-OH is 2. The van der Waals surface area contributed by atoms with Crippen molar-refractivity contribution in [3.63, 3.8) is 0 Å². The fourth-order valence-corrected chi connectivity index (χ4v) is 11.5. The standard InChI is InChI=1S/C79H136O16P2/c1-4-7-10-13-16-19-22-25-28-31-32-33-34-35-36-37-38-39-40-43-45-47-50-53-56-59-62-65-77(82)89-68-74(80)69-91-96(85,86)92-70-75(81)71-93-97(87,88)94-73-76(95-79(84)67-64-61-58-55-52-49-46-42-30-27-24-21-18-15-12-9-6-3)72-90-78(83)66-63-60-57-54-51-48-44-41-29-26-23-20-17-14-11-8-5-2/h8-9,11-12,16-21,25-30,32-33,35-36,74-76,80-81H,4-7,10,13-15,22-24,31,34,37-73H2,1-3H3,(H,85,86)(H,87,88)/b11-8-,12-9-,19-16-,20-17-,21-18-,28-25-,29-26-,30-27-,33-32-,36-35-. The average Bonchev–Trinajstić information content (AvgIpc) is 2.38. The Kier molecular flexibility index (Phi) is 68.8. The van der Waals surface area contributed by atoms with E-state index in [4.69, 9.17) is 32.3 Å². The number of esters is 3. The molecular formula is C79H136O16P2. The first-order chi connectivity index (χ1) is 47.2. The number of allylic oxidation sites excluding steroid dienone is 20. The number of phosphoric acid groups is 2. The van der Waals surface area contributed by atoms with Gasteiger partial charge in [0.05, 0.1) is 26.4 Å². The van der Waals surface area contributed by atoms with E-state index in [0.717, 1.165) is 173 Å². The highest BCUT2D eigenvalue weighted by molar-refractivity contribution is 7.47. The van der Waals surface area contributed by atoms with Crippen LogP contribution in [0, 0.1) is 0 Å². The number of unbranched alkanes of at least 4 members (excludes halogenated alkanes) is 28. The highest BCUT2D eigenvalue weighted by Crippen LogP contribution is 2.45. The molecule has 0 aliphatic rings. The molecule has 558 valence electrons. The first kappa shape index (κ1) is 93.0. The number of carbonyl (C=O) groups is 3. The molecule has 0 heterocycles. The van der Waals surface area contributed by atoms with E-state index in [1.807, 2.05) is 0 Å². The van der Waals surface area contributed by atoms with Crippen molar-refractivity contribution in [1.29, 1.82) is 0 Å². The Morgan fingerprint density at radius 2 is 0.546 bits per heavy atom. The molecule has 0 aromatic carbocycles. The second kappa shape index (κ2) is 71.8. The highest BCUT2D eigenvalue weighted by atomic mass is 31.2. The van der Waals surface area contributed by atoms with Gasteiger partial charge in [0.15, 0.2) is 6.10 Å². The zero-order valence-electron chi connectivity index (χ0n) is 60.7. The van der Waals surface area contributed by atoms with E-state index in [0.29, 0.717) is 19.3 Å². The minimum Gasteiger partial charge on any atom is -0.463 e. The SMILES string of the molecule is CC/C=C\C/C=C\C/C=C\CCCCCCCCCC(=O)OCC(COP(=O)(O)OCC(O)COP(=O)(O)OCC(O)COC(=O)CCCCCCCCCCCCC/C=C\C/C=C\C/C=C\C/C=C\CCCCC)OC(=O)CCCCCCCCC/C=C\C/C=C\C/C=C\CC. The second-order valence-electron chi connectivity index (χ2n) is 25.0. The van der Waals surface area contributed by atoms with Crippen LogP contribution in [0.4, 0.5) is 0 Å². The first-order valence-corrected chi connectivity index (χ1v) is 40.8. The van der Waals surface area contributed by atoms with Gasteiger partial charge in [0.1, 0.15) is 25.4 Å². The van der Waals surface area contributed by atoms with Crippen LogP contribution < -0.4 is 0 Å². The molecule has 0 saturated heterocycles. The van der Waals surface area contributed by atoms with Crippen LogP contribution in [0.2, 0.25) is 0 Å². The Balaban J connectivity index is 4.57. The zero-order chi connectivity index (χ0) is 70.9. The van der Waals surface area contributed by atoms with Crippen molar-refractivity contribution in [3.05, 3.63) is 122 Å². The lowest BCUT2D eigenvalue weighted by molar-refractivity contribution is -0.161. The molecule has 16 nitrogen and oxygen atoms in total. The number of hydrogen-bond acceptors (Lipinski definition) is 14. The van der Waals surface area contributed by atoms with Gasteiger partial charge in [0.25, 0.3) is 0 Å². The number of rotatable bonds is 71. The predicted molar refractivity (Wildman–Crippen MR) is 399 cm³/mol. The van der Waals surface area contributed by atoms with Gasteiger partial charge in [-0.25, -0.2) is 9.13 Å². The number of hydrogen-bond donors (Lipinski definition) is 4. The Labute approximate surface area is 589 Å². The van der Waals surface area contributed by atoms with Crippen LogP contribution in [0.3, 0.4) is 0 Å². The van der Waals surface area contributed by atoms with E-state index in [9.17, 15) is 43.5 Å². The normalized spacial score (nSPS) is 14.8. The minimum absolute atomic E-state index is 0.0888. The van der Waals surface area contributed by atoms with E-state index in [1.54, 1.807) is 0 Å². The summed E-state index contributed by atoms with van der Waals surface area (Å²) in [7, 11) is -9.79. The molecule has 5 unspecified atom stereocenters. The summed E-state index contributed by atoms with van der Waals surface area (Å²) in [5.41, 5.74) is 0. The van der Waals surface area contributed by atoms with Crippen LogP contribution >= 0.6 is 15.6 Å². The van der Waals surface area contributed by atoms with Gasteiger partial charge in [0.2, 0.25) is 0 Å². The topological polar surface area (TPSA) is 231 Å². The quantitative estimate of drug-likeness (QED) is 0.0146. The first-order valence-electron chi connectivity index (χ1n) is 37.8. The molecule has 0 aromatic rings. The number of ether oxygens (including phenoxy) is 3. The summed E-state index contributed by atoms with van der Waals surface area (Å²) in [6.45, 7) is 2.41. The van der Waals surface area contributed by atoms with Gasteiger partial charge >= 0.3 is 33.6 Å². The number of phosphoric ester groups is 2. The Morgan fingerprint density at radius 3 is 0.866 bits per heavy atom. The van der Waals surface area contributed by atoms with Crippen LogP contribution in [-0.2, 0) is 55.8 Å². The predicted octanol–water partition coefficient (Wildman–Crippen LogP) is 21.8. The fourth-order valence-electron chi connectivity index (χ4n) is 9.94. The summed E-state index contributed by atoms with van der Waals surface area (Å²) in [4.78, 5) is 58.6. The molecule has 0 amide bonds. The molecule has 4 N–H and O–H groups in total. The van der Waals surface area contributed by atoms with Crippen molar-refractivity contribution in [1.82, 2.24) is 0 Å². The van der Waals surface area contributed by atoms with Crippen molar-refractivity contribution in [2.24, 2.45) is 0 Å². The molecule has 0 bridgehead atoms. The molecule has 0 rings (SSSR count). The molecular weight excluding hydrogens is 1270 g/mol. The zero-order valence-corrected chi connectivity index (χ0v) is 62.5. The average molecular weight is 1400 g/mol. The van der Waals surface area contributed by atoms with Crippen molar-refractivity contribution >= 4 is 33.6 Å². The maximum absolute atomic E-state index is 13.0. The maximum Gasteiger partial charge on any atom is 0.472 e. The third-order valence-electron chi connectivity index (χ3n) is 15.7. The van der Waals surface area contributed by atoms with Crippen LogP contribution in [-0.4, -0.2) is 95.9 Å². The molecule has 5 atom stereocenters. The van der Waals surface area contributed by atoms with Crippen LogP contribution in [0.25, 0.3) is 0 Å². The van der Waals surface area contributed by atoms with Crippen molar-refractivity contribution in [2.45, 2.75) is 322 Å². The summed E-state index contributed by atoms with van der Waals surface area (Å²) >= 11 is 0. The lowest BCUT2D eigenvalue weighted by Crippen LogP contribution is -2.30. The molecule has 18 heteroatoms. The van der Waals surface area contributed by atoms with E-state index in [2.05, 4.69) is 142 Å². The molecule has 0 fully saturated rings. The summed E-state index contributed by atoms with van der Waals surface area (Å²) in [6.07, 6.45) is 83.8. The van der Waals surface area contributed by atoms with E-state index in [1.165, 1.54) is 70.6 Å². The number of aliphatic hydroxyl groups is 2. The molecule has 0 saturated carbocycles. The Morgan fingerprint density at radius 1 is 0.299 bits per heavy atom. The van der Waals surface area contributed by atoms with Crippen molar-refractivity contribution < 1.29 is 75.8 Å². The van der Waals surface area contributed by atoms with Gasteiger partial charge in [-0.15, -0.1) is 0 Å². The summed E-state index contributed by atoms with van der Waals surface area (Å²) in [5, 5.41) is 20.6. The van der Waals surface area contributed by atoms with E-state index >= 15 is 0 Å². The Hall–Kier alpha value is -4.05. The van der Waals surface area contributed by atoms with Crippen LogP contribution in [0.5, 0.6) is 0 Å².